The number of pyridine rings is 1. The topological polar surface area (TPSA) is 110 Å². The van der Waals surface area contributed by atoms with Gasteiger partial charge >= 0.3 is 0 Å². The highest BCUT2D eigenvalue weighted by atomic mass is 16.3. The zero-order chi connectivity index (χ0) is 24.6. The van der Waals surface area contributed by atoms with Crippen molar-refractivity contribution in [2.45, 2.75) is 38.8 Å². The van der Waals surface area contributed by atoms with E-state index in [1.165, 1.54) is 11.1 Å². The summed E-state index contributed by atoms with van der Waals surface area (Å²) in [4.78, 5) is 26.8. The normalized spacial score (nSPS) is 13.6. The fourth-order valence-corrected chi connectivity index (χ4v) is 4.33. The molecule has 0 unspecified atom stereocenters. The summed E-state index contributed by atoms with van der Waals surface area (Å²) in [5.74, 6) is 0.399. The number of nitrogens with zero attached hydrogens (tertiary/aromatic N) is 5. The molecule has 1 aliphatic rings. The second kappa shape index (κ2) is 9.09. The Morgan fingerprint density at radius 2 is 2.09 bits per heavy atom. The molecule has 9 nitrogen and oxygen atoms in total. The van der Waals surface area contributed by atoms with E-state index < -0.39 is 5.41 Å². The fourth-order valence-electron chi connectivity index (χ4n) is 4.33. The highest BCUT2D eigenvalue weighted by Gasteiger charge is 2.23. The predicted molar refractivity (Wildman–Crippen MR) is 136 cm³/mol. The number of fused-ring (bicyclic) bond motifs is 2. The van der Waals surface area contributed by atoms with Crippen molar-refractivity contribution in [2.75, 3.05) is 18.5 Å². The Morgan fingerprint density at radius 3 is 2.89 bits per heavy atom. The Bertz CT molecular complexity index is 1470. The molecule has 180 valence electrons. The van der Waals surface area contributed by atoms with Crippen molar-refractivity contribution >= 4 is 22.7 Å². The third kappa shape index (κ3) is 4.24. The first-order valence-corrected chi connectivity index (χ1v) is 11.7. The molecular weight excluding hydrogens is 442 g/mol. The van der Waals surface area contributed by atoms with Crippen LogP contribution in [0, 0.1) is 0 Å². The first-order valence-electron chi connectivity index (χ1n) is 11.7. The minimum atomic E-state index is -0.536. The third-order valence-corrected chi connectivity index (χ3v) is 6.40. The molecule has 0 spiro atoms. The maximum atomic E-state index is 13.2. The average molecular weight is 472 g/mol. The number of anilines is 2. The average Bonchev–Trinajstić information content (AvgIpc) is 3.15. The van der Waals surface area contributed by atoms with E-state index in [-0.39, 0.29) is 12.2 Å². The van der Waals surface area contributed by atoms with Crippen LogP contribution >= 0.6 is 0 Å². The molecule has 0 bridgehead atoms. The lowest BCUT2D eigenvalue weighted by Gasteiger charge is -2.22. The van der Waals surface area contributed by atoms with Crippen molar-refractivity contribution in [3.63, 3.8) is 0 Å². The van der Waals surface area contributed by atoms with Crippen LogP contribution in [0.5, 0.6) is 0 Å². The predicted octanol–water partition coefficient (Wildman–Crippen LogP) is 2.82. The highest BCUT2D eigenvalue weighted by Crippen LogP contribution is 2.25. The molecule has 0 atom stereocenters. The van der Waals surface area contributed by atoms with Gasteiger partial charge in [0.2, 0.25) is 5.95 Å². The van der Waals surface area contributed by atoms with E-state index in [4.69, 9.17) is 4.98 Å². The molecule has 1 aliphatic heterocycles. The van der Waals surface area contributed by atoms with E-state index in [0.29, 0.717) is 29.2 Å². The zero-order valence-electron chi connectivity index (χ0n) is 20.0. The van der Waals surface area contributed by atoms with Crippen molar-refractivity contribution in [1.82, 2.24) is 29.6 Å². The molecule has 0 saturated carbocycles. The smallest absolute Gasteiger partial charge is 0.278 e. The highest BCUT2D eigenvalue weighted by molar-refractivity contribution is 5.77. The second-order valence-electron chi connectivity index (χ2n) is 9.40. The van der Waals surface area contributed by atoms with E-state index in [0.717, 1.165) is 30.9 Å². The molecule has 0 amide bonds. The van der Waals surface area contributed by atoms with Gasteiger partial charge in [-0.1, -0.05) is 26.0 Å². The van der Waals surface area contributed by atoms with E-state index in [1.54, 1.807) is 27.8 Å². The van der Waals surface area contributed by atoms with Gasteiger partial charge in [-0.15, -0.1) is 6.58 Å². The van der Waals surface area contributed by atoms with Gasteiger partial charge in [0.05, 0.1) is 24.5 Å². The Hall–Kier alpha value is -3.82. The van der Waals surface area contributed by atoms with E-state index in [1.807, 2.05) is 32.0 Å². The van der Waals surface area contributed by atoms with E-state index in [2.05, 4.69) is 39.3 Å². The summed E-state index contributed by atoms with van der Waals surface area (Å²) in [5.41, 5.74) is 4.67. The molecule has 0 radical (unpaired) electrons. The van der Waals surface area contributed by atoms with Crippen molar-refractivity contribution in [2.24, 2.45) is 0 Å². The minimum absolute atomic E-state index is 0.0537. The molecule has 4 heterocycles. The number of benzene rings is 1. The van der Waals surface area contributed by atoms with Crippen LogP contribution in [0.2, 0.25) is 0 Å². The van der Waals surface area contributed by atoms with Gasteiger partial charge in [0.25, 0.3) is 5.56 Å². The van der Waals surface area contributed by atoms with Crippen LogP contribution in [-0.2, 0) is 24.9 Å². The lowest BCUT2D eigenvalue weighted by molar-refractivity contribution is 0.215. The number of aromatic nitrogens is 5. The maximum Gasteiger partial charge on any atom is 0.278 e. The van der Waals surface area contributed by atoms with Gasteiger partial charge in [-0.3, -0.25) is 9.78 Å². The van der Waals surface area contributed by atoms with E-state index >= 15 is 0 Å². The molecule has 0 aliphatic carbocycles. The van der Waals surface area contributed by atoms with Gasteiger partial charge in [-0.2, -0.15) is 4.98 Å². The first-order chi connectivity index (χ1) is 16.9. The summed E-state index contributed by atoms with van der Waals surface area (Å²) in [7, 11) is 0. The standard InChI is InChI=1S/C26H29N7O2/c1-4-11-32-24(35)21-15-29-25(30-19-6-5-17-7-9-27-14-18(17)12-19)31-23(21)33(32)20-8-10-28-22(13-20)26(2,3)16-34/h4-6,8,10,12-13,15,27,34H,1,7,9,11,14,16H2,2-3H3,(H,29,30,31). The quantitative estimate of drug-likeness (QED) is 0.356. The van der Waals surface area contributed by atoms with Gasteiger partial charge in [0, 0.05) is 30.0 Å². The van der Waals surface area contributed by atoms with Gasteiger partial charge < -0.3 is 15.7 Å². The van der Waals surface area contributed by atoms with Crippen molar-refractivity contribution in [3.05, 3.63) is 82.6 Å². The Balaban J connectivity index is 1.61. The number of rotatable bonds is 7. The summed E-state index contributed by atoms with van der Waals surface area (Å²) in [5, 5.41) is 16.9. The SMILES string of the molecule is C=CCn1c(=O)c2cnc(Nc3ccc4c(c3)CNCC4)nc2n1-c1ccnc(C(C)(C)CO)c1. The van der Waals surface area contributed by atoms with Gasteiger partial charge in [-0.25, -0.2) is 14.3 Å². The van der Waals surface area contributed by atoms with E-state index in [9.17, 15) is 9.90 Å². The number of aliphatic hydroxyl groups excluding tert-OH is 1. The Kier molecular flexibility index (Phi) is 5.96. The minimum Gasteiger partial charge on any atom is -0.395 e. The molecule has 0 fully saturated rings. The lowest BCUT2D eigenvalue weighted by Crippen LogP contribution is -2.25. The van der Waals surface area contributed by atoms with Crippen LogP contribution in [0.4, 0.5) is 11.6 Å². The first kappa shape index (κ1) is 22.9. The number of allylic oxidation sites excluding steroid dienone is 1. The molecule has 0 saturated heterocycles. The summed E-state index contributed by atoms with van der Waals surface area (Å²) in [6, 6.07) is 9.97. The Morgan fingerprint density at radius 1 is 1.23 bits per heavy atom. The molecular formula is C26H29N7O2. The van der Waals surface area contributed by atoms with Crippen LogP contribution in [0.3, 0.4) is 0 Å². The Labute approximate surface area is 203 Å². The van der Waals surface area contributed by atoms with Crippen LogP contribution in [0.1, 0.15) is 30.7 Å². The lowest BCUT2D eigenvalue weighted by atomic mass is 9.90. The summed E-state index contributed by atoms with van der Waals surface area (Å²) in [6.45, 7) is 9.72. The number of hydrogen-bond acceptors (Lipinski definition) is 7. The molecule has 4 aromatic rings. The maximum absolute atomic E-state index is 13.2. The van der Waals surface area contributed by atoms with Crippen LogP contribution < -0.4 is 16.2 Å². The molecule has 5 rings (SSSR count). The van der Waals surface area contributed by atoms with Gasteiger partial charge in [0.1, 0.15) is 5.39 Å². The summed E-state index contributed by atoms with van der Waals surface area (Å²) in [6.07, 6.45) is 5.92. The number of aliphatic hydroxyl groups is 1. The van der Waals surface area contributed by atoms with Crippen molar-refractivity contribution in [1.29, 1.82) is 0 Å². The van der Waals surface area contributed by atoms with Crippen LogP contribution in [0.15, 0.2) is 60.2 Å². The third-order valence-electron chi connectivity index (χ3n) is 6.40. The molecule has 9 heteroatoms. The molecule has 3 aromatic heterocycles. The second-order valence-corrected chi connectivity index (χ2v) is 9.40. The van der Waals surface area contributed by atoms with Crippen molar-refractivity contribution < 1.29 is 5.11 Å². The van der Waals surface area contributed by atoms with Crippen LogP contribution in [-0.4, -0.2) is 42.6 Å². The number of nitrogens with one attached hydrogen (secondary N) is 2. The largest absolute Gasteiger partial charge is 0.395 e. The summed E-state index contributed by atoms with van der Waals surface area (Å²) >= 11 is 0. The summed E-state index contributed by atoms with van der Waals surface area (Å²) < 4.78 is 3.34. The zero-order valence-corrected chi connectivity index (χ0v) is 20.0. The molecule has 35 heavy (non-hydrogen) atoms. The monoisotopic (exact) mass is 471 g/mol. The fraction of sp³-hybridized carbons (Fsp3) is 0.308. The van der Waals surface area contributed by atoms with Crippen LogP contribution in [0.25, 0.3) is 16.7 Å². The molecule has 3 N–H and O–H groups in total. The number of hydrogen-bond donors (Lipinski definition) is 3. The van der Waals surface area contributed by atoms with Gasteiger partial charge in [0.15, 0.2) is 5.65 Å². The van der Waals surface area contributed by atoms with Crippen molar-refractivity contribution in [3.8, 4) is 5.69 Å². The molecule has 1 aromatic carbocycles. The van der Waals surface area contributed by atoms with Gasteiger partial charge in [-0.05, 0) is 48.4 Å².